The van der Waals surface area contributed by atoms with E-state index in [2.05, 4.69) is 15.6 Å². The number of benzene rings is 1. The van der Waals surface area contributed by atoms with E-state index in [-0.39, 0.29) is 11.8 Å². The Morgan fingerprint density at radius 2 is 2.18 bits per heavy atom. The van der Waals surface area contributed by atoms with Gasteiger partial charge in [-0.15, -0.1) is 0 Å². The molecule has 0 fully saturated rings. The molecule has 2 N–H and O–H groups in total. The van der Waals surface area contributed by atoms with Gasteiger partial charge in [-0.2, -0.15) is 0 Å². The Hall–Kier alpha value is -2.63. The first-order chi connectivity index (χ1) is 10.7. The van der Waals surface area contributed by atoms with Crippen molar-refractivity contribution in [1.29, 1.82) is 0 Å². The van der Waals surface area contributed by atoms with Crippen molar-refractivity contribution in [1.82, 2.24) is 10.3 Å². The molecule has 2 rings (SSSR count). The number of hydrogen-bond donors (Lipinski definition) is 2. The number of aromatic nitrogens is 1. The molecule has 6 heteroatoms. The maximum absolute atomic E-state index is 13.0. The van der Waals surface area contributed by atoms with E-state index in [0.29, 0.717) is 31.1 Å². The molecule has 2 amide bonds. The summed E-state index contributed by atoms with van der Waals surface area (Å²) in [4.78, 5) is 15.9. The van der Waals surface area contributed by atoms with Gasteiger partial charge in [0.25, 0.3) is 0 Å². The molecule has 0 aliphatic rings. The highest BCUT2D eigenvalue weighted by Gasteiger charge is 2.07. The molecule has 1 aromatic heterocycles. The van der Waals surface area contributed by atoms with Crippen molar-refractivity contribution in [2.24, 2.45) is 0 Å². The highest BCUT2D eigenvalue weighted by molar-refractivity contribution is 5.90. The number of rotatable bonds is 6. The number of nitrogens with zero attached hydrogens (tertiary/aromatic N) is 1. The lowest BCUT2D eigenvalue weighted by molar-refractivity contribution is 0.252. The zero-order chi connectivity index (χ0) is 15.8. The molecule has 0 radical (unpaired) electrons. The number of urea groups is 1. The molecular formula is C16H18FN3O2. The first-order valence-corrected chi connectivity index (χ1v) is 7.06. The number of nitrogens with one attached hydrogen (secondary N) is 2. The van der Waals surface area contributed by atoms with Crippen molar-refractivity contribution < 1.29 is 13.9 Å². The van der Waals surface area contributed by atoms with Crippen LogP contribution in [0.2, 0.25) is 0 Å². The van der Waals surface area contributed by atoms with Gasteiger partial charge in [0, 0.05) is 12.7 Å². The van der Waals surface area contributed by atoms with E-state index in [0.717, 1.165) is 5.56 Å². The average molecular weight is 303 g/mol. The Morgan fingerprint density at radius 3 is 2.95 bits per heavy atom. The van der Waals surface area contributed by atoms with E-state index in [1.165, 1.54) is 12.1 Å². The summed E-state index contributed by atoms with van der Waals surface area (Å²) < 4.78 is 18.4. The fourth-order valence-corrected chi connectivity index (χ4v) is 1.92. The van der Waals surface area contributed by atoms with Gasteiger partial charge in [-0.1, -0.05) is 12.1 Å². The van der Waals surface area contributed by atoms with Crippen molar-refractivity contribution >= 4 is 11.7 Å². The smallest absolute Gasteiger partial charge is 0.319 e. The zero-order valence-corrected chi connectivity index (χ0v) is 12.3. The highest BCUT2D eigenvalue weighted by Crippen LogP contribution is 2.20. The Morgan fingerprint density at radius 1 is 1.32 bits per heavy atom. The topological polar surface area (TPSA) is 63.2 Å². The van der Waals surface area contributed by atoms with Gasteiger partial charge in [-0.3, -0.25) is 0 Å². The van der Waals surface area contributed by atoms with Gasteiger partial charge < -0.3 is 15.4 Å². The van der Waals surface area contributed by atoms with Crippen molar-refractivity contribution in [3.63, 3.8) is 0 Å². The lowest BCUT2D eigenvalue weighted by Gasteiger charge is -2.11. The summed E-state index contributed by atoms with van der Waals surface area (Å²) in [5.74, 6) is 0.101. The largest absolute Gasteiger partial charge is 0.476 e. The van der Waals surface area contributed by atoms with Crippen LogP contribution in [0.25, 0.3) is 0 Å². The van der Waals surface area contributed by atoms with E-state index in [9.17, 15) is 9.18 Å². The standard InChI is InChI=1S/C16H18FN3O2/c1-2-22-15-14(7-4-9-18-15)20-16(21)19-10-8-12-5-3-6-13(17)11-12/h3-7,9,11H,2,8,10H2,1H3,(H2,19,20,21). The number of hydrogen-bond acceptors (Lipinski definition) is 3. The second-order valence-electron chi connectivity index (χ2n) is 4.55. The van der Waals surface area contributed by atoms with E-state index in [1.807, 2.05) is 13.0 Å². The average Bonchev–Trinajstić information content (AvgIpc) is 2.49. The molecule has 2 aromatic rings. The van der Waals surface area contributed by atoms with Crippen LogP contribution in [-0.4, -0.2) is 24.2 Å². The van der Waals surface area contributed by atoms with Crippen molar-refractivity contribution in [2.45, 2.75) is 13.3 Å². The molecule has 0 unspecified atom stereocenters. The van der Waals surface area contributed by atoms with E-state index in [1.54, 1.807) is 24.4 Å². The molecule has 0 saturated carbocycles. The van der Waals surface area contributed by atoms with Gasteiger partial charge in [0.15, 0.2) is 0 Å². The maximum Gasteiger partial charge on any atom is 0.319 e. The molecular weight excluding hydrogens is 285 g/mol. The molecule has 1 aromatic carbocycles. The molecule has 5 nitrogen and oxygen atoms in total. The Kier molecular flexibility index (Phi) is 5.71. The molecule has 116 valence electrons. The lowest BCUT2D eigenvalue weighted by Crippen LogP contribution is -2.30. The van der Waals surface area contributed by atoms with Crippen LogP contribution in [0.5, 0.6) is 5.88 Å². The lowest BCUT2D eigenvalue weighted by atomic mass is 10.1. The normalized spacial score (nSPS) is 10.1. The highest BCUT2D eigenvalue weighted by atomic mass is 19.1. The maximum atomic E-state index is 13.0. The Bertz CT molecular complexity index is 634. The molecule has 0 atom stereocenters. The molecule has 22 heavy (non-hydrogen) atoms. The molecule has 1 heterocycles. The number of anilines is 1. The van der Waals surface area contributed by atoms with E-state index >= 15 is 0 Å². The van der Waals surface area contributed by atoms with Crippen LogP contribution >= 0.6 is 0 Å². The van der Waals surface area contributed by atoms with Crippen LogP contribution < -0.4 is 15.4 Å². The van der Waals surface area contributed by atoms with Crippen LogP contribution in [0.15, 0.2) is 42.6 Å². The Labute approximate surface area is 128 Å². The monoisotopic (exact) mass is 303 g/mol. The third-order valence-corrected chi connectivity index (χ3v) is 2.89. The van der Waals surface area contributed by atoms with Crippen molar-refractivity contribution in [2.75, 3.05) is 18.5 Å². The summed E-state index contributed by atoms with van der Waals surface area (Å²) in [6, 6.07) is 9.38. The number of carbonyl (C=O) groups excluding carboxylic acids is 1. The second kappa shape index (κ2) is 7.97. The summed E-state index contributed by atoms with van der Waals surface area (Å²) >= 11 is 0. The quantitative estimate of drug-likeness (QED) is 0.862. The van der Waals surface area contributed by atoms with Crippen LogP contribution in [-0.2, 0) is 6.42 Å². The first-order valence-electron chi connectivity index (χ1n) is 7.06. The summed E-state index contributed by atoms with van der Waals surface area (Å²) in [5.41, 5.74) is 1.34. The van der Waals surface area contributed by atoms with Gasteiger partial charge in [0.05, 0.1) is 6.61 Å². The van der Waals surface area contributed by atoms with E-state index in [4.69, 9.17) is 4.74 Å². The fourth-order valence-electron chi connectivity index (χ4n) is 1.92. The van der Waals surface area contributed by atoms with Gasteiger partial charge in [0.2, 0.25) is 5.88 Å². The van der Waals surface area contributed by atoms with Crippen molar-refractivity contribution in [3.8, 4) is 5.88 Å². The van der Waals surface area contributed by atoms with Gasteiger partial charge in [-0.05, 0) is 43.2 Å². The molecule has 0 aliphatic carbocycles. The molecule has 0 spiro atoms. The summed E-state index contributed by atoms with van der Waals surface area (Å²) in [6.07, 6.45) is 2.15. The minimum Gasteiger partial charge on any atom is -0.476 e. The van der Waals surface area contributed by atoms with Crippen LogP contribution in [0.3, 0.4) is 0 Å². The SMILES string of the molecule is CCOc1ncccc1NC(=O)NCCc1cccc(F)c1. The molecule has 0 aliphatic heterocycles. The summed E-state index contributed by atoms with van der Waals surface area (Å²) in [7, 11) is 0. The van der Waals surface area contributed by atoms with Crippen molar-refractivity contribution in [3.05, 3.63) is 54.0 Å². The molecule has 0 saturated heterocycles. The van der Waals surface area contributed by atoms with Crippen LogP contribution in [0, 0.1) is 5.82 Å². The third-order valence-electron chi connectivity index (χ3n) is 2.89. The van der Waals surface area contributed by atoms with Gasteiger partial charge in [-0.25, -0.2) is 14.2 Å². The molecule has 0 bridgehead atoms. The minimum absolute atomic E-state index is 0.279. The number of amides is 2. The Balaban J connectivity index is 1.83. The van der Waals surface area contributed by atoms with Crippen LogP contribution in [0.4, 0.5) is 14.9 Å². The number of halogens is 1. The number of carbonyl (C=O) groups is 1. The van der Waals surface area contributed by atoms with Crippen LogP contribution in [0.1, 0.15) is 12.5 Å². The predicted molar refractivity (Wildman–Crippen MR) is 82.5 cm³/mol. The number of ether oxygens (including phenoxy) is 1. The zero-order valence-electron chi connectivity index (χ0n) is 12.3. The van der Waals surface area contributed by atoms with Gasteiger partial charge in [0.1, 0.15) is 11.5 Å². The fraction of sp³-hybridized carbons (Fsp3) is 0.250. The van der Waals surface area contributed by atoms with E-state index < -0.39 is 0 Å². The third kappa shape index (κ3) is 4.73. The van der Waals surface area contributed by atoms with Gasteiger partial charge >= 0.3 is 6.03 Å². The summed E-state index contributed by atoms with van der Waals surface area (Å²) in [6.45, 7) is 2.71. The summed E-state index contributed by atoms with van der Waals surface area (Å²) in [5, 5.41) is 5.39. The number of pyridine rings is 1. The first kappa shape index (κ1) is 15.8. The minimum atomic E-state index is -0.356. The predicted octanol–water partition coefficient (Wildman–Crippen LogP) is 2.98. The second-order valence-corrected chi connectivity index (χ2v) is 4.55.